The topological polar surface area (TPSA) is 56.9 Å². The molecule has 0 spiro atoms. The molecule has 0 fully saturated rings. The summed E-state index contributed by atoms with van der Waals surface area (Å²) in [4.78, 5) is 31.1. The van der Waals surface area contributed by atoms with Gasteiger partial charge in [0.05, 0.1) is 22.3 Å². The molecular weight excluding hydrogens is 477 g/mol. The fraction of sp³-hybridized carbons (Fsp3) is 0.160. The zero-order chi connectivity index (χ0) is 23.7. The Bertz CT molecular complexity index is 1440. The first-order chi connectivity index (χ1) is 15.8. The molecule has 0 aliphatic rings. The van der Waals surface area contributed by atoms with Crippen LogP contribution in [0.15, 0.2) is 71.1 Å². The van der Waals surface area contributed by atoms with E-state index in [1.54, 1.807) is 48.5 Å². The van der Waals surface area contributed by atoms with Crippen LogP contribution in [0.3, 0.4) is 0 Å². The number of nitrogens with zero attached hydrogens (tertiary/aromatic N) is 3. The smallest absolute Gasteiger partial charge is 0.266 e. The van der Waals surface area contributed by atoms with Gasteiger partial charge in [-0.3, -0.25) is 14.2 Å². The van der Waals surface area contributed by atoms with Gasteiger partial charge in [-0.05, 0) is 62.4 Å². The number of allylic oxidation sites excluding steroid dienone is 1. The number of Topliss-reactive ketones (excluding diaryl/α,β-unsaturated/α-hetero) is 1. The van der Waals surface area contributed by atoms with Crippen molar-refractivity contribution in [2.75, 3.05) is 5.75 Å². The molecule has 0 amide bonds. The Balaban J connectivity index is 1.75. The number of benzene rings is 2. The molecule has 0 bridgehead atoms. The van der Waals surface area contributed by atoms with Gasteiger partial charge in [0.1, 0.15) is 0 Å². The Kier molecular flexibility index (Phi) is 6.79. The number of hydrogen-bond acceptors (Lipinski definition) is 4. The van der Waals surface area contributed by atoms with Crippen LogP contribution >= 0.6 is 35.0 Å². The summed E-state index contributed by atoms with van der Waals surface area (Å²) in [5, 5.41) is 1.90. The number of ketones is 1. The molecule has 168 valence electrons. The van der Waals surface area contributed by atoms with Crippen LogP contribution in [-0.2, 0) is 6.54 Å². The lowest BCUT2D eigenvalue weighted by atomic mass is 10.2. The van der Waals surface area contributed by atoms with E-state index in [4.69, 9.17) is 23.2 Å². The molecule has 0 saturated heterocycles. The second-order valence-corrected chi connectivity index (χ2v) is 9.38. The fourth-order valence-electron chi connectivity index (χ4n) is 3.75. The lowest BCUT2D eigenvalue weighted by Crippen LogP contribution is -2.22. The average molecular weight is 498 g/mol. The van der Waals surface area contributed by atoms with E-state index in [1.807, 2.05) is 24.5 Å². The standard InChI is InChI=1S/C25H21Cl2N3O2S/c1-4-11-29-15(2)12-21(16(29)3)23(31)14-33-25-28-22-13-18(27)7-10-20(22)24(32)30(25)19-8-5-17(26)6-9-19/h4-10,12-13H,1,11,14H2,2-3H3. The zero-order valence-corrected chi connectivity index (χ0v) is 20.5. The number of aryl methyl sites for hydroxylation is 1. The predicted molar refractivity (Wildman–Crippen MR) is 137 cm³/mol. The van der Waals surface area contributed by atoms with E-state index < -0.39 is 0 Å². The third-order valence-corrected chi connectivity index (χ3v) is 6.83. The van der Waals surface area contributed by atoms with Crippen LogP contribution in [-0.4, -0.2) is 25.7 Å². The Morgan fingerprint density at radius 3 is 2.48 bits per heavy atom. The van der Waals surface area contributed by atoms with Gasteiger partial charge in [-0.15, -0.1) is 6.58 Å². The quantitative estimate of drug-likeness (QED) is 0.130. The van der Waals surface area contributed by atoms with E-state index in [1.165, 1.54) is 16.3 Å². The van der Waals surface area contributed by atoms with Gasteiger partial charge in [-0.25, -0.2) is 4.98 Å². The minimum Gasteiger partial charge on any atom is -0.345 e. The number of halogens is 2. The highest BCUT2D eigenvalue weighted by atomic mass is 35.5. The lowest BCUT2D eigenvalue weighted by Gasteiger charge is -2.13. The number of fused-ring (bicyclic) bond motifs is 1. The third-order valence-electron chi connectivity index (χ3n) is 5.40. The minimum atomic E-state index is -0.238. The van der Waals surface area contributed by atoms with E-state index in [2.05, 4.69) is 11.6 Å². The van der Waals surface area contributed by atoms with E-state index in [9.17, 15) is 9.59 Å². The highest BCUT2D eigenvalue weighted by molar-refractivity contribution is 7.99. The lowest BCUT2D eigenvalue weighted by molar-refractivity contribution is 0.102. The van der Waals surface area contributed by atoms with E-state index in [0.29, 0.717) is 43.9 Å². The summed E-state index contributed by atoms with van der Waals surface area (Å²) in [5.74, 6) is 0.0938. The molecule has 0 N–H and O–H groups in total. The molecule has 2 heterocycles. The number of rotatable bonds is 7. The third kappa shape index (κ3) is 4.64. The Hall–Kier alpha value is -2.80. The highest BCUT2D eigenvalue weighted by Gasteiger charge is 2.19. The van der Waals surface area contributed by atoms with Crippen molar-refractivity contribution < 1.29 is 4.79 Å². The monoisotopic (exact) mass is 497 g/mol. The van der Waals surface area contributed by atoms with Gasteiger partial charge in [0.15, 0.2) is 10.9 Å². The van der Waals surface area contributed by atoms with Crippen LogP contribution < -0.4 is 5.56 Å². The maximum absolute atomic E-state index is 13.4. The van der Waals surface area contributed by atoms with Crippen molar-refractivity contribution >= 4 is 51.6 Å². The molecule has 4 aromatic rings. The molecule has 0 atom stereocenters. The Morgan fingerprint density at radius 2 is 1.79 bits per heavy atom. The van der Waals surface area contributed by atoms with E-state index in [0.717, 1.165) is 11.4 Å². The highest BCUT2D eigenvalue weighted by Crippen LogP contribution is 2.25. The van der Waals surface area contributed by atoms with Crippen molar-refractivity contribution in [2.24, 2.45) is 0 Å². The van der Waals surface area contributed by atoms with E-state index >= 15 is 0 Å². The maximum atomic E-state index is 13.4. The van der Waals surface area contributed by atoms with Crippen LogP contribution in [0, 0.1) is 13.8 Å². The summed E-state index contributed by atoms with van der Waals surface area (Å²) in [6.45, 7) is 8.31. The first kappa shape index (κ1) is 23.4. The maximum Gasteiger partial charge on any atom is 0.266 e. The first-order valence-corrected chi connectivity index (χ1v) is 12.0. The normalized spacial score (nSPS) is 11.2. The van der Waals surface area contributed by atoms with Gasteiger partial charge in [-0.1, -0.05) is 41.0 Å². The van der Waals surface area contributed by atoms with Crippen molar-refractivity contribution in [3.8, 4) is 5.69 Å². The number of carbonyl (C=O) groups is 1. The van der Waals surface area contributed by atoms with Crippen molar-refractivity contribution in [1.82, 2.24) is 14.1 Å². The summed E-state index contributed by atoms with van der Waals surface area (Å²) in [6.07, 6.45) is 1.80. The van der Waals surface area contributed by atoms with Crippen LogP contribution in [0.5, 0.6) is 0 Å². The first-order valence-electron chi connectivity index (χ1n) is 10.2. The summed E-state index contributed by atoms with van der Waals surface area (Å²) in [6, 6.07) is 13.8. The second-order valence-electron chi connectivity index (χ2n) is 7.57. The van der Waals surface area contributed by atoms with Gasteiger partial charge in [-0.2, -0.15) is 0 Å². The number of aromatic nitrogens is 3. The number of hydrogen-bond donors (Lipinski definition) is 0. The molecule has 0 unspecified atom stereocenters. The summed E-state index contributed by atoms with van der Waals surface area (Å²) >= 11 is 13.4. The molecule has 4 rings (SSSR count). The van der Waals surface area contributed by atoms with Gasteiger partial charge in [0.2, 0.25) is 0 Å². The summed E-state index contributed by atoms with van der Waals surface area (Å²) in [5.41, 5.74) is 3.41. The second kappa shape index (κ2) is 9.59. The average Bonchev–Trinajstić information content (AvgIpc) is 3.07. The Morgan fingerprint density at radius 1 is 1.09 bits per heavy atom. The minimum absolute atomic E-state index is 0.0356. The van der Waals surface area contributed by atoms with Crippen molar-refractivity contribution in [2.45, 2.75) is 25.5 Å². The van der Waals surface area contributed by atoms with Crippen LogP contribution in [0.2, 0.25) is 10.0 Å². The molecule has 8 heteroatoms. The van der Waals surface area contributed by atoms with Gasteiger partial charge in [0.25, 0.3) is 5.56 Å². The van der Waals surface area contributed by atoms with Crippen LogP contribution in [0.1, 0.15) is 21.7 Å². The van der Waals surface area contributed by atoms with Crippen molar-refractivity contribution in [3.63, 3.8) is 0 Å². The molecule has 0 aliphatic heterocycles. The zero-order valence-electron chi connectivity index (χ0n) is 18.1. The number of carbonyl (C=O) groups excluding carboxylic acids is 1. The molecule has 0 aliphatic carbocycles. The van der Waals surface area contributed by atoms with E-state index in [-0.39, 0.29) is 17.1 Å². The largest absolute Gasteiger partial charge is 0.345 e. The molecule has 0 radical (unpaired) electrons. The molecule has 2 aromatic carbocycles. The van der Waals surface area contributed by atoms with Crippen LogP contribution in [0.25, 0.3) is 16.6 Å². The van der Waals surface area contributed by atoms with Gasteiger partial charge in [0, 0.05) is 33.5 Å². The summed E-state index contributed by atoms with van der Waals surface area (Å²) in [7, 11) is 0. The van der Waals surface area contributed by atoms with Crippen molar-refractivity contribution in [3.05, 3.63) is 98.5 Å². The fourth-order valence-corrected chi connectivity index (χ4v) is 4.94. The van der Waals surface area contributed by atoms with Gasteiger partial charge < -0.3 is 4.57 Å². The molecule has 0 saturated carbocycles. The molecule has 2 aromatic heterocycles. The van der Waals surface area contributed by atoms with Gasteiger partial charge >= 0.3 is 0 Å². The molecule has 33 heavy (non-hydrogen) atoms. The molecule has 5 nitrogen and oxygen atoms in total. The predicted octanol–water partition coefficient (Wildman–Crippen LogP) is 6.27. The number of thioether (sulfide) groups is 1. The molecular formula is C25H21Cl2N3O2S. The summed E-state index contributed by atoms with van der Waals surface area (Å²) < 4.78 is 3.55. The Labute approximate surface area is 205 Å². The van der Waals surface area contributed by atoms with Crippen LogP contribution in [0.4, 0.5) is 0 Å². The van der Waals surface area contributed by atoms with Crippen molar-refractivity contribution in [1.29, 1.82) is 0 Å². The SMILES string of the molecule is C=CCn1c(C)cc(C(=O)CSc2nc3cc(Cl)ccc3c(=O)n2-c2ccc(Cl)cc2)c1C.